The molecule has 2 aliphatic carbocycles. The number of ether oxygens (including phenoxy) is 3. The Morgan fingerprint density at radius 3 is 1.70 bits per heavy atom. The summed E-state index contributed by atoms with van der Waals surface area (Å²) in [6.07, 6.45) is 13.2. The van der Waals surface area contributed by atoms with Crippen LogP contribution >= 0.6 is 22.7 Å². The van der Waals surface area contributed by atoms with Gasteiger partial charge in [0.25, 0.3) is 0 Å². The quantitative estimate of drug-likeness (QED) is 0.0721. The van der Waals surface area contributed by atoms with Gasteiger partial charge in [-0.1, -0.05) is 37.3 Å². The van der Waals surface area contributed by atoms with E-state index in [1.165, 1.54) is 69.6 Å². The van der Waals surface area contributed by atoms with E-state index in [0.717, 1.165) is 74.9 Å². The molecule has 0 amide bonds. The molecule has 2 N–H and O–H groups in total. The van der Waals surface area contributed by atoms with Crippen molar-refractivity contribution < 1.29 is 55.4 Å². The largest absolute Gasteiger partial charge is 0.506 e. The van der Waals surface area contributed by atoms with Gasteiger partial charge in [-0.15, -0.1) is 22.7 Å². The van der Waals surface area contributed by atoms with E-state index in [9.17, 15) is 19.8 Å². The number of para-hydroxylation sites is 1. The summed E-state index contributed by atoms with van der Waals surface area (Å²) in [4.78, 5) is 34.0. The number of rotatable bonds is 11. The molecule has 3 aliphatic rings. The van der Waals surface area contributed by atoms with Gasteiger partial charge in [0.1, 0.15) is 47.2 Å². The number of anilines is 1. The molecule has 369 valence electrons. The van der Waals surface area contributed by atoms with Gasteiger partial charge in [-0.25, -0.2) is 0 Å². The molecule has 0 fully saturated rings. The van der Waals surface area contributed by atoms with Crippen molar-refractivity contribution in [2.75, 3.05) is 46.4 Å². The van der Waals surface area contributed by atoms with Crippen LogP contribution in [0.3, 0.4) is 0 Å². The number of hydrogen-bond donors (Lipinski definition) is 2. The second kappa shape index (κ2) is 24.0. The Bertz CT molecular complexity index is 3220. The van der Waals surface area contributed by atoms with E-state index in [1.54, 1.807) is 21.3 Å². The number of aliphatic hydroxyl groups excluding tert-OH is 2. The maximum atomic E-state index is 11.0. The molecule has 0 saturated carbocycles. The summed E-state index contributed by atoms with van der Waals surface area (Å²) in [5.41, 5.74) is 8.42. The number of ketones is 2. The minimum absolute atomic E-state index is 0. The van der Waals surface area contributed by atoms with Crippen LogP contribution < -0.4 is 38.7 Å². The number of methoxy groups -OCH3 is 3. The van der Waals surface area contributed by atoms with Crippen LogP contribution in [0.4, 0.5) is 11.4 Å². The summed E-state index contributed by atoms with van der Waals surface area (Å²) in [5.74, 6) is 1.45. The number of carbonyl (C=O) groups excluding carboxylic acids is 2. The van der Waals surface area contributed by atoms with Gasteiger partial charge in [-0.05, 0) is 105 Å². The number of aromatic nitrogens is 2. The molecule has 0 bridgehead atoms. The van der Waals surface area contributed by atoms with E-state index in [4.69, 9.17) is 14.2 Å². The van der Waals surface area contributed by atoms with Crippen LogP contribution in [0.15, 0.2) is 153 Å². The standard InChI is InChI=1S/C25H33N2O.2C14H11N3O3S.Co/c1-7-25(4)21-12-10-11-13-22(21)26(5)24(25)17-15-19-14-16-20(18-23(19)28-6)27(8-2)9-3;2*1-20-9-3-5-11-13(7-9)21-14(15-11)17-16-10-4-2-8(18)6-12(10)19;/h10-18H,7-9H2,1-6H3;2*2-7H,1H3,(H2,15,17,18,19);/q+1;;;/p-2. The van der Waals surface area contributed by atoms with Crippen molar-refractivity contribution in [2.45, 2.75) is 39.5 Å². The molecule has 2 aromatic heterocycles. The first-order valence-electron chi connectivity index (χ1n) is 22.4. The smallest absolute Gasteiger partial charge is 0.209 e. The van der Waals surface area contributed by atoms with Gasteiger partial charge >= 0.3 is 0 Å². The Hall–Kier alpha value is -7.38. The maximum absolute atomic E-state index is 11.0. The Kier molecular flexibility index (Phi) is 17.9. The van der Waals surface area contributed by atoms with Crippen molar-refractivity contribution in [3.63, 3.8) is 0 Å². The van der Waals surface area contributed by atoms with Crippen LogP contribution in [0, 0.1) is 0 Å². The molecule has 4 aromatic carbocycles. The minimum atomic E-state index is -0.279. The average molecular weight is 1040 g/mol. The molecule has 1 atom stereocenters. The number of allylic oxidation sites excluding steroid dienone is 7. The fourth-order valence-electron chi connectivity index (χ4n) is 7.82. The monoisotopic (exact) mass is 1040 g/mol. The summed E-state index contributed by atoms with van der Waals surface area (Å²) in [6, 6.07) is 26.3. The van der Waals surface area contributed by atoms with Crippen molar-refractivity contribution >= 4 is 89.3 Å². The number of benzene rings is 4. The van der Waals surface area contributed by atoms with Crippen molar-refractivity contribution in [1.29, 1.82) is 0 Å². The molecular weight excluding hydrogens is 984 g/mol. The average Bonchev–Trinajstić information content (AvgIpc) is 4.05. The third-order valence-corrected chi connectivity index (χ3v) is 13.6. The van der Waals surface area contributed by atoms with Crippen molar-refractivity contribution in [3.05, 3.63) is 154 Å². The number of thiazole rings is 2. The van der Waals surface area contributed by atoms with Gasteiger partial charge < -0.3 is 49.5 Å². The molecule has 1 radical (unpaired) electrons. The molecule has 15 nitrogen and oxygen atoms in total. The van der Waals surface area contributed by atoms with E-state index < -0.39 is 0 Å². The Balaban J connectivity index is 0.000000176. The molecule has 71 heavy (non-hydrogen) atoms. The third-order valence-electron chi connectivity index (χ3n) is 11.8. The van der Waals surface area contributed by atoms with Gasteiger partial charge in [0.2, 0.25) is 5.69 Å². The first kappa shape index (κ1) is 53.0. The number of nitrogens with zero attached hydrogens (tertiary/aromatic N) is 8. The predicted octanol–water partition coefficient (Wildman–Crippen LogP) is 9.06. The van der Waals surface area contributed by atoms with Crippen LogP contribution in [0.1, 0.15) is 45.2 Å². The van der Waals surface area contributed by atoms with Crippen molar-refractivity contribution in [2.24, 2.45) is 20.4 Å². The van der Waals surface area contributed by atoms with Crippen LogP contribution in [-0.4, -0.2) is 85.0 Å². The number of aliphatic hydroxyl groups is 2. The summed E-state index contributed by atoms with van der Waals surface area (Å²) < 4.78 is 20.2. The first-order chi connectivity index (χ1) is 33.8. The number of hydrogen-bond acceptors (Lipinski definition) is 14. The molecular formula is C53H53CoN8O7S2-. The third kappa shape index (κ3) is 12.3. The molecule has 1 aliphatic heterocycles. The fourth-order valence-corrected chi connectivity index (χ4v) is 9.45. The fraction of sp³-hybridized carbons (Fsp3) is 0.226. The normalized spacial score (nSPS) is 17.7. The van der Waals surface area contributed by atoms with Crippen molar-refractivity contribution in [3.8, 4) is 17.2 Å². The maximum Gasteiger partial charge on any atom is 0.209 e. The van der Waals surface area contributed by atoms with E-state index in [-0.39, 0.29) is 56.7 Å². The van der Waals surface area contributed by atoms with E-state index in [0.29, 0.717) is 9.60 Å². The van der Waals surface area contributed by atoms with Crippen LogP contribution in [0.25, 0.3) is 26.5 Å². The summed E-state index contributed by atoms with van der Waals surface area (Å²) in [5, 5.41) is 35.0. The van der Waals surface area contributed by atoms with E-state index in [2.05, 4.69) is 129 Å². The Morgan fingerprint density at radius 1 is 0.690 bits per heavy atom. The minimum Gasteiger partial charge on any atom is -0.506 e. The molecule has 18 heteroatoms. The molecule has 9 rings (SSSR count). The Morgan fingerprint density at radius 2 is 1.23 bits per heavy atom. The van der Waals surface area contributed by atoms with Gasteiger partial charge in [-0.3, -0.25) is 19.8 Å². The molecule has 0 saturated heterocycles. The van der Waals surface area contributed by atoms with Gasteiger partial charge in [0.15, 0.2) is 17.3 Å². The first-order valence-corrected chi connectivity index (χ1v) is 24.0. The number of fused-ring (bicyclic) bond motifs is 3. The van der Waals surface area contributed by atoms with Crippen LogP contribution in [0.5, 0.6) is 17.2 Å². The predicted molar refractivity (Wildman–Crippen MR) is 280 cm³/mol. The summed E-state index contributed by atoms with van der Waals surface area (Å²) >= 11 is 2.72. The molecule has 6 aromatic rings. The van der Waals surface area contributed by atoms with E-state index in [1.807, 2.05) is 36.4 Å². The van der Waals surface area contributed by atoms with Crippen LogP contribution in [-0.2, 0) is 31.8 Å². The zero-order valence-corrected chi connectivity index (χ0v) is 43.1. The zero-order valence-electron chi connectivity index (χ0n) is 40.4. The molecule has 1 unspecified atom stereocenters. The summed E-state index contributed by atoms with van der Waals surface area (Å²) in [7, 11) is 7.12. The second-order valence-corrected chi connectivity index (χ2v) is 18.0. The van der Waals surface area contributed by atoms with Gasteiger partial charge in [0, 0.05) is 96.0 Å². The van der Waals surface area contributed by atoms with Gasteiger partial charge in [0.05, 0.1) is 26.7 Å². The van der Waals surface area contributed by atoms with Crippen molar-refractivity contribution in [1.82, 2.24) is 9.97 Å². The Labute approximate surface area is 429 Å². The number of carbonyl (C=O) groups is 2. The topological polar surface area (TPSA) is 186 Å². The molecule has 0 spiro atoms. The van der Waals surface area contributed by atoms with Gasteiger partial charge in [-0.2, -0.15) is 4.58 Å². The van der Waals surface area contributed by atoms with E-state index >= 15 is 0 Å². The van der Waals surface area contributed by atoms with Crippen LogP contribution in [0.2, 0.25) is 0 Å². The summed E-state index contributed by atoms with van der Waals surface area (Å²) in [6.45, 7) is 11.0. The SMILES string of the molecule is CCN(CC)c1ccc(/C=C/C2=[N+](C)c3ccccc3C2(C)CC)c(OC)c1.COc1ccc2[n-]c(=NN=C3C=CC(=O)C=C3O)sc2c1.COc1ccc2[n-]c(=NN=C3C=CC(=O)C=C3O)sc2c1.[Co]. The molecule has 3 heterocycles. The second-order valence-electron chi connectivity index (χ2n) is 15.9. The zero-order chi connectivity index (χ0) is 50.0.